The van der Waals surface area contributed by atoms with Crippen molar-refractivity contribution in [2.24, 2.45) is 0 Å². The van der Waals surface area contributed by atoms with Gasteiger partial charge in [0.05, 0.1) is 14.9 Å². The molecule has 5 nitrogen and oxygen atoms in total. The molecule has 2 aliphatic heterocycles. The SMILES string of the molecule is Cc1ccc(N2C(=O)[C@@H](N3C(=O)c4ccccc4C3=O)[C@@H]2c2ccc(Br)s2)cc1. The molecule has 0 spiro atoms. The first-order valence-corrected chi connectivity index (χ1v) is 10.7. The number of imide groups is 1. The molecule has 0 saturated carbocycles. The highest BCUT2D eigenvalue weighted by Gasteiger charge is 2.57. The summed E-state index contributed by atoms with van der Waals surface area (Å²) >= 11 is 4.97. The summed E-state index contributed by atoms with van der Waals surface area (Å²) in [5.74, 6) is -1.07. The van der Waals surface area contributed by atoms with Gasteiger partial charge in [0.2, 0.25) is 0 Å². The van der Waals surface area contributed by atoms with Crippen LogP contribution in [0.3, 0.4) is 0 Å². The monoisotopic (exact) mass is 466 g/mol. The van der Waals surface area contributed by atoms with E-state index in [1.165, 1.54) is 11.3 Å². The highest BCUT2D eigenvalue weighted by atomic mass is 79.9. The zero-order valence-corrected chi connectivity index (χ0v) is 17.7. The Morgan fingerprint density at radius 2 is 1.41 bits per heavy atom. The summed E-state index contributed by atoms with van der Waals surface area (Å²) in [6.07, 6.45) is 0. The number of halogens is 1. The van der Waals surface area contributed by atoms with Crippen LogP contribution in [0, 0.1) is 6.92 Å². The van der Waals surface area contributed by atoms with Crippen LogP contribution in [0.2, 0.25) is 0 Å². The first kappa shape index (κ1) is 18.3. The molecule has 5 rings (SSSR count). The molecule has 0 unspecified atom stereocenters. The van der Waals surface area contributed by atoms with E-state index in [2.05, 4.69) is 15.9 Å². The van der Waals surface area contributed by atoms with Crippen molar-refractivity contribution in [3.05, 3.63) is 86.0 Å². The number of benzene rings is 2. The number of amides is 3. The number of rotatable bonds is 3. The Bertz CT molecular complexity index is 1140. The molecule has 3 amide bonds. The van der Waals surface area contributed by atoms with E-state index in [9.17, 15) is 14.4 Å². The summed E-state index contributed by atoms with van der Waals surface area (Å²) in [7, 11) is 0. The molecule has 29 heavy (non-hydrogen) atoms. The van der Waals surface area contributed by atoms with Crippen molar-refractivity contribution in [1.82, 2.24) is 4.90 Å². The molecule has 3 heterocycles. The van der Waals surface area contributed by atoms with Gasteiger partial charge in [0, 0.05) is 10.6 Å². The molecule has 0 aliphatic carbocycles. The third-order valence-corrected chi connectivity index (χ3v) is 7.06. The highest BCUT2D eigenvalue weighted by molar-refractivity contribution is 9.11. The van der Waals surface area contributed by atoms with Crippen LogP contribution in [-0.4, -0.2) is 28.7 Å². The van der Waals surface area contributed by atoms with E-state index in [0.717, 1.165) is 24.8 Å². The van der Waals surface area contributed by atoms with E-state index in [1.54, 1.807) is 29.2 Å². The molecule has 0 radical (unpaired) electrons. The van der Waals surface area contributed by atoms with Gasteiger partial charge < -0.3 is 0 Å². The van der Waals surface area contributed by atoms with Crippen LogP contribution in [0.5, 0.6) is 0 Å². The number of carbonyl (C=O) groups excluding carboxylic acids is 3. The number of β-lactam (4-membered cyclic amide) rings is 1. The Balaban J connectivity index is 1.58. The lowest BCUT2D eigenvalue weighted by Crippen LogP contribution is -2.67. The van der Waals surface area contributed by atoms with Crippen LogP contribution in [0.1, 0.15) is 37.2 Å². The van der Waals surface area contributed by atoms with Gasteiger partial charge in [-0.3, -0.25) is 24.2 Å². The van der Waals surface area contributed by atoms with Crippen molar-refractivity contribution < 1.29 is 14.4 Å². The summed E-state index contributed by atoms with van der Waals surface area (Å²) in [5, 5.41) is 0. The second-order valence-electron chi connectivity index (χ2n) is 7.10. The summed E-state index contributed by atoms with van der Waals surface area (Å²) in [6, 6.07) is 17.0. The number of aryl methyl sites for hydroxylation is 1. The van der Waals surface area contributed by atoms with Gasteiger partial charge in [-0.05, 0) is 59.3 Å². The summed E-state index contributed by atoms with van der Waals surface area (Å²) in [4.78, 5) is 42.9. The number of thiophene rings is 1. The van der Waals surface area contributed by atoms with Crippen molar-refractivity contribution in [2.45, 2.75) is 19.0 Å². The zero-order chi connectivity index (χ0) is 20.3. The average molecular weight is 467 g/mol. The number of carbonyl (C=O) groups is 3. The minimum Gasteiger partial charge on any atom is -0.300 e. The molecule has 1 aromatic heterocycles. The maximum absolute atomic E-state index is 13.2. The predicted octanol–water partition coefficient (Wildman–Crippen LogP) is 4.57. The summed E-state index contributed by atoms with van der Waals surface area (Å²) < 4.78 is 0.928. The first-order valence-electron chi connectivity index (χ1n) is 9.09. The van der Waals surface area contributed by atoms with Gasteiger partial charge >= 0.3 is 0 Å². The van der Waals surface area contributed by atoms with E-state index in [0.29, 0.717) is 11.1 Å². The molecule has 0 N–H and O–H groups in total. The third kappa shape index (κ3) is 2.68. The Labute approximate surface area is 179 Å². The van der Waals surface area contributed by atoms with Gasteiger partial charge in [0.1, 0.15) is 12.1 Å². The van der Waals surface area contributed by atoms with Crippen molar-refractivity contribution in [1.29, 1.82) is 0 Å². The molecule has 2 aromatic carbocycles. The smallest absolute Gasteiger partial charge is 0.262 e. The van der Waals surface area contributed by atoms with Crippen molar-refractivity contribution in [3.8, 4) is 0 Å². The van der Waals surface area contributed by atoms with Crippen LogP contribution in [-0.2, 0) is 4.79 Å². The Morgan fingerprint density at radius 1 is 0.793 bits per heavy atom. The summed E-state index contributed by atoms with van der Waals surface area (Å²) in [5.41, 5.74) is 2.55. The Morgan fingerprint density at radius 3 is 1.97 bits per heavy atom. The Kier molecular flexibility index (Phi) is 4.18. The van der Waals surface area contributed by atoms with Crippen molar-refractivity contribution in [3.63, 3.8) is 0 Å². The zero-order valence-electron chi connectivity index (χ0n) is 15.3. The molecule has 1 fully saturated rings. The van der Waals surface area contributed by atoms with E-state index in [-0.39, 0.29) is 5.91 Å². The molecule has 7 heteroatoms. The van der Waals surface area contributed by atoms with E-state index in [1.807, 2.05) is 43.3 Å². The number of fused-ring (bicyclic) bond motifs is 1. The van der Waals surface area contributed by atoms with Crippen LogP contribution < -0.4 is 4.90 Å². The molecule has 2 aliphatic rings. The molecular weight excluding hydrogens is 452 g/mol. The fourth-order valence-corrected chi connectivity index (χ4v) is 5.49. The quantitative estimate of drug-likeness (QED) is 0.419. The predicted molar refractivity (Wildman–Crippen MR) is 114 cm³/mol. The van der Waals surface area contributed by atoms with Gasteiger partial charge in [-0.25, -0.2) is 0 Å². The van der Waals surface area contributed by atoms with Crippen LogP contribution in [0.25, 0.3) is 0 Å². The normalized spacial score (nSPS) is 20.8. The number of hydrogen-bond donors (Lipinski definition) is 0. The maximum atomic E-state index is 13.2. The average Bonchev–Trinajstić information content (AvgIpc) is 3.24. The minimum atomic E-state index is -0.853. The summed E-state index contributed by atoms with van der Waals surface area (Å²) in [6.45, 7) is 1.98. The van der Waals surface area contributed by atoms with Gasteiger partial charge in [-0.1, -0.05) is 29.8 Å². The number of hydrogen-bond acceptors (Lipinski definition) is 4. The lowest BCUT2D eigenvalue weighted by atomic mass is 9.90. The first-order chi connectivity index (χ1) is 14.0. The number of nitrogens with zero attached hydrogens (tertiary/aromatic N) is 2. The van der Waals surface area contributed by atoms with E-state index >= 15 is 0 Å². The fraction of sp³-hybridized carbons (Fsp3) is 0.136. The second-order valence-corrected chi connectivity index (χ2v) is 9.60. The lowest BCUT2D eigenvalue weighted by Gasteiger charge is -2.49. The molecular formula is C22H15BrN2O3S. The topological polar surface area (TPSA) is 57.7 Å². The standard InChI is InChI=1S/C22H15BrN2O3S/c1-12-6-8-13(9-7-12)24-18(16-10-11-17(23)29-16)19(22(24)28)25-20(26)14-4-2-3-5-15(14)21(25)27/h2-11,18-19H,1H3/t18-,19-/m0/s1. The van der Waals surface area contributed by atoms with Crippen LogP contribution in [0.4, 0.5) is 5.69 Å². The van der Waals surface area contributed by atoms with Crippen molar-refractivity contribution in [2.75, 3.05) is 4.90 Å². The van der Waals surface area contributed by atoms with Crippen LogP contribution in [0.15, 0.2) is 64.5 Å². The molecule has 1 saturated heterocycles. The largest absolute Gasteiger partial charge is 0.300 e. The van der Waals surface area contributed by atoms with E-state index < -0.39 is 23.9 Å². The maximum Gasteiger partial charge on any atom is 0.262 e. The lowest BCUT2D eigenvalue weighted by molar-refractivity contribution is -0.130. The second kappa shape index (κ2) is 6.64. The minimum absolute atomic E-state index is 0.252. The highest BCUT2D eigenvalue weighted by Crippen LogP contribution is 2.46. The van der Waals surface area contributed by atoms with Gasteiger partial charge in [0.15, 0.2) is 0 Å². The van der Waals surface area contributed by atoms with Gasteiger partial charge in [0.25, 0.3) is 17.7 Å². The molecule has 144 valence electrons. The molecule has 3 aromatic rings. The van der Waals surface area contributed by atoms with Crippen molar-refractivity contribution >= 4 is 50.7 Å². The molecule has 2 atom stereocenters. The van der Waals surface area contributed by atoms with Crippen LogP contribution >= 0.6 is 27.3 Å². The van der Waals surface area contributed by atoms with Gasteiger partial charge in [-0.2, -0.15) is 0 Å². The third-order valence-electron chi connectivity index (χ3n) is 5.37. The fourth-order valence-electron chi connectivity index (χ4n) is 3.95. The molecule has 0 bridgehead atoms. The number of anilines is 1. The Hall–Kier alpha value is -2.77. The van der Waals surface area contributed by atoms with E-state index in [4.69, 9.17) is 0 Å². The van der Waals surface area contributed by atoms with Gasteiger partial charge in [-0.15, -0.1) is 11.3 Å².